The number of piperidine rings is 1. The molecule has 31 heavy (non-hydrogen) atoms. The van der Waals surface area contributed by atoms with Crippen LogP contribution >= 0.6 is 11.3 Å². The molecule has 5 rings (SSSR count). The van der Waals surface area contributed by atoms with E-state index in [1.54, 1.807) is 29.9 Å². The first-order chi connectivity index (χ1) is 15.2. The summed E-state index contributed by atoms with van der Waals surface area (Å²) < 4.78 is 0. The van der Waals surface area contributed by atoms with Crippen molar-refractivity contribution in [2.45, 2.75) is 45.4 Å². The van der Waals surface area contributed by atoms with Gasteiger partial charge in [0.1, 0.15) is 0 Å². The molecule has 1 fully saturated rings. The molecule has 0 radical (unpaired) electrons. The summed E-state index contributed by atoms with van der Waals surface area (Å²) in [6.07, 6.45) is 11.8. The minimum atomic E-state index is -0.226. The zero-order chi connectivity index (χ0) is 21.2. The number of nitrogens with one attached hydrogen (secondary N) is 1. The highest BCUT2D eigenvalue weighted by molar-refractivity contribution is 7.15. The number of hydrogen-bond acceptors (Lipinski definition) is 7. The quantitative estimate of drug-likeness (QED) is 0.657. The Labute approximate surface area is 186 Å². The van der Waals surface area contributed by atoms with Crippen LogP contribution in [-0.4, -0.2) is 38.9 Å². The topological polar surface area (TPSA) is 83.9 Å². The zero-order valence-electron chi connectivity index (χ0n) is 17.7. The van der Waals surface area contributed by atoms with Crippen LogP contribution in [-0.2, 0) is 12.8 Å². The largest absolute Gasteiger partial charge is 0.341 e. The fraction of sp³-hybridized carbons (Fsp3) is 0.435. The number of thiazole rings is 1. The van der Waals surface area contributed by atoms with Crippen LogP contribution in [0.25, 0.3) is 11.3 Å². The van der Waals surface area contributed by atoms with Crippen molar-refractivity contribution in [3.63, 3.8) is 0 Å². The molecule has 0 aromatic carbocycles. The molecule has 1 aliphatic carbocycles. The number of fused-ring (bicyclic) bond motifs is 1. The summed E-state index contributed by atoms with van der Waals surface area (Å²) in [5.41, 5.74) is 3.07. The fourth-order valence-corrected chi connectivity index (χ4v) is 5.44. The number of rotatable bonds is 4. The van der Waals surface area contributed by atoms with Crippen LogP contribution in [0.2, 0.25) is 0 Å². The lowest BCUT2D eigenvalue weighted by molar-refractivity contribution is 0.102. The molecule has 0 bridgehead atoms. The minimum Gasteiger partial charge on any atom is -0.341 e. The summed E-state index contributed by atoms with van der Waals surface area (Å²) in [4.78, 5) is 34.9. The molecule has 1 saturated heterocycles. The Balaban J connectivity index is 1.45. The summed E-state index contributed by atoms with van der Waals surface area (Å²) in [6, 6.07) is 3.76. The van der Waals surface area contributed by atoms with Crippen LogP contribution in [0, 0.1) is 5.92 Å². The van der Waals surface area contributed by atoms with Gasteiger partial charge in [0.2, 0.25) is 5.95 Å². The van der Waals surface area contributed by atoms with Crippen LogP contribution in [0.3, 0.4) is 0 Å². The maximum absolute atomic E-state index is 13.2. The summed E-state index contributed by atoms with van der Waals surface area (Å²) in [5, 5.41) is 3.66. The number of amides is 1. The second kappa shape index (κ2) is 8.70. The molecule has 1 unspecified atom stereocenters. The van der Waals surface area contributed by atoms with E-state index in [0.29, 0.717) is 28.3 Å². The van der Waals surface area contributed by atoms with Crippen molar-refractivity contribution in [2.75, 3.05) is 23.3 Å². The SMILES string of the molecule is CC1CCc2nc(NC(=O)c3cnc(N4CCCCC4)nc3-c3ccncc3)sc2C1. The molecular formula is C23H26N6OS. The van der Waals surface area contributed by atoms with Gasteiger partial charge >= 0.3 is 0 Å². The molecule has 2 aliphatic rings. The molecular weight excluding hydrogens is 408 g/mol. The molecule has 7 nitrogen and oxygen atoms in total. The third kappa shape index (κ3) is 4.30. The number of aryl methyl sites for hydroxylation is 1. The van der Waals surface area contributed by atoms with Gasteiger partial charge < -0.3 is 4.90 Å². The maximum Gasteiger partial charge on any atom is 0.261 e. The van der Waals surface area contributed by atoms with E-state index in [4.69, 9.17) is 4.98 Å². The minimum absolute atomic E-state index is 0.226. The summed E-state index contributed by atoms with van der Waals surface area (Å²) in [5.74, 6) is 1.13. The van der Waals surface area contributed by atoms with E-state index in [1.165, 1.54) is 11.3 Å². The van der Waals surface area contributed by atoms with Crippen molar-refractivity contribution < 1.29 is 4.79 Å². The Morgan fingerprint density at radius 1 is 1.16 bits per heavy atom. The molecule has 1 N–H and O–H groups in total. The molecule has 160 valence electrons. The third-order valence-electron chi connectivity index (χ3n) is 6.02. The van der Waals surface area contributed by atoms with Crippen LogP contribution in [0.4, 0.5) is 11.1 Å². The number of nitrogens with zero attached hydrogens (tertiary/aromatic N) is 5. The zero-order valence-corrected chi connectivity index (χ0v) is 18.5. The Morgan fingerprint density at radius 2 is 1.97 bits per heavy atom. The highest BCUT2D eigenvalue weighted by Crippen LogP contribution is 2.33. The molecule has 3 aromatic heterocycles. The second-order valence-corrected chi connectivity index (χ2v) is 9.49. The van der Waals surface area contributed by atoms with Crippen LogP contribution in [0.15, 0.2) is 30.7 Å². The van der Waals surface area contributed by atoms with Crippen molar-refractivity contribution in [1.82, 2.24) is 19.9 Å². The maximum atomic E-state index is 13.2. The first-order valence-corrected chi connectivity index (χ1v) is 11.8. The Bertz CT molecular complexity index is 1080. The molecule has 3 aromatic rings. The molecule has 0 spiro atoms. The normalized spacial score (nSPS) is 18.5. The van der Waals surface area contributed by atoms with Gasteiger partial charge in [-0.05, 0) is 56.6 Å². The lowest BCUT2D eigenvalue weighted by Crippen LogP contribution is -2.31. The van der Waals surface area contributed by atoms with Gasteiger partial charge in [-0.15, -0.1) is 11.3 Å². The number of anilines is 2. The summed E-state index contributed by atoms with van der Waals surface area (Å²) >= 11 is 1.59. The summed E-state index contributed by atoms with van der Waals surface area (Å²) in [6.45, 7) is 4.16. The molecule has 0 saturated carbocycles. The van der Waals surface area contributed by atoms with Gasteiger partial charge in [0.15, 0.2) is 5.13 Å². The fourth-order valence-electron chi connectivity index (χ4n) is 4.27. The smallest absolute Gasteiger partial charge is 0.261 e. The van der Waals surface area contributed by atoms with Crippen LogP contribution in [0.5, 0.6) is 0 Å². The van der Waals surface area contributed by atoms with Crippen molar-refractivity contribution in [3.05, 3.63) is 46.9 Å². The van der Waals surface area contributed by atoms with Crippen molar-refractivity contribution >= 4 is 28.3 Å². The Hall–Kier alpha value is -2.87. The Kier molecular flexibility index (Phi) is 5.63. The van der Waals surface area contributed by atoms with Gasteiger partial charge in [0, 0.05) is 42.1 Å². The van der Waals surface area contributed by atoms with Gasteiger partial charge in [-0.2, -0.15) is 0 Å². The van der Waals surface area contributed by atoms with Gasteiger partial charge in [0.05, 0.1) is 17.0 Å². The molecule has 8 heteroatoms. The molecule has 1 amide bonds. The average molecular weight is 435 g/mol. The number of hydrogen-bond donors (Lipinski definition) is 1. The first kappa shape index (κ1) is 20.1. The third-order valence-corrected chi connectivity index (χ3v) is 7.06. The van der Waals surface area contributed by atoms with Crippen LogP contribution in [0.1, 0.15) is 53.5 Å². The highest BCUT2D eigenvalue weighted by Gasteiger charge is 2.23. The van der Waals surface area contributed by atoms with Crippen LogP contribution < -0.4 is 10.2 Å². The van der Waals surface area contributed by atoms with E-state index in [0.717, 1.165) is 56.5 Å². The van der Waals surface area contributed by atoms with Crippen molar-refractivity contribution in [3.8, 4) is 11.3 Å². The monoisotopic (exact) mass is 434 g/mol. The van der Waals surface area contributed by atoms with E-state index in [9.17, 15) is 4.79 Å². The van der Waals surface area contributed by atoms with E-state index in [2.05, 4.69) is 32.1 Å². The van der Waals surface area contributed by atoms with Crippen molar-refractivity contribution in [1.29, 1.82) is 0 Å². The average Bonchev–Trinajstić information content (AvgIpc) is 3.21. The van der Waals surface area contributed by atoms with E-state index in [1.807, 2.05) is 12.1 Å². The standard InChI is InChI=1S/C23H26N6OS/c1-15-5-6-18-19(13-15)31-23(26-18)28-21(30)17-14-25-22(29-11-3-2-4-12-29)27-20(17)16-7-9-24-10-8-16/h7-10,14-15H,2-6,11-13H2,1H3,(H,26,28,30). The van der Waals surface area contributed by atoms with Crippen molar-refractivity contribution in [2.24, 2.45) is 5.92 Å². The predicted octanol–water partition coefficient (Wildman–Crippen LogP) is 4.36. The number of carbonyl (C=O) groups is 1. The predicted molar refractivity (Wildman–Crippen MR) is 123 cm³/mol. The van der Waals surface area contributed by atoms with Gasteiger partial charge in [0.25, 0.3) is 5.91 Å². The number of carbonyl (C=O) groups excluding carboxylic acids is 1. The van der Waals surface area contributed by atoms with E-state index < -0.39 is 0 Å². The molecule has 4 heterocycles. The summed E-state index contributed by atoms with van der Waals surface area (Å²) in [7, 11) is 0. The van der Waals surface area contributed by atoms with E-state index >= 15 is 0 Å². The molecule has 1 atom stereocenters. The number of pyridine rings is 1. The lowest BCUT2D eigenvalue weighted by Gasteiger charge is -2.27. The molecule has 1 aliphatic heterocycles. The van der Waals surface area contributed by atoms with Gasteiger partial charge in [-0.25, -0.2) is 15.0 Å². The second-order valence-electron chi connectivity index (χ2n) is 8.41. The van der Waals surface area contributed by atoms with Gasteiger partial charge in [-0.1, -0.05) is 6.92 Å². The Morgan fingerprint density at radius 3 is 2.77 bits per heavy atom. The van der Waals surface area contributed by atoms with E-state index in [-0.39, 0.29) is 5.91 Å². The first-order valence-electron chi connectivity index (χ1n) is 11.0. The highest BCUT2D eigenvalue weighted by atomic mass is 32.1. The lowest BCUT2D eigenvalue weighted by atomic mass is 9.93. The van der Waals surface area contributed by atoms with Gasteiger partial charge in [-0.3, -0.25) is 15.1 Å². The number of aromatic nitrogens is 4.